The zero-order valence-electron chi connectivity index (χ0n) is 16.0. The molecule has 0 unspecified atom stereocenters. The van der Waals surface area contributed by atoms with Crippen molar-refractivity contribution in [2.45, 2.75) is 26.8 Å². The summed E-state index contributed by atoms with van der Waals surface area (Å²) in [6.07, 6.45) is 0.125. The van der Waals surface area contributed by atoms with Crippen LogP contribution in [-0.4, -0.2) is 28.0 Å². The number of hydrogen-bond donors (Lipinski definition) is 0. The van der Waals surface area contributed by atoms with E-state index in [0.29, 0.717) is 11.4 Å². The highest BCUT2D eigenvalue weighted by Crippen LogP contribution is 2.21. The number of nitro groups is 1. The third-order valence-corrected chi connectivity index (χ3v) is 5.25. The van der Waals surface area contributed by atoms with Crippen molar-refractivity contribution in [3.63, 3.8) is 0 Å². The van der Waals surface area contributed by atoms with Gasteiger partial charge in [-0.3, -0.25) is 19.7 Å². The van der Waals surface area contributed by atoms with Crippen molar-refractivity contribution in [3.8, 4) is 0 Å². The lowest BCUT2D eigenvalue weighted by atomic mass is 10.2. The first-order valence-electron chi connectivity index (χ1n) is 8.98. The van der Waals surface area contributed by atoms with Crippen molar-refractivity contribution < 1.29 is 19.2 Å². The fourth-order valence-corrected chi connectivity index (χ4v) is 4.03. The normalized spacial score (nSPS) is 11.6. The predicted molar refractivity (Wildman–Crippen MR) is 109 cm³/mol. The number of benzene rings is 2. The summed E-state index contributed by atoms with van der Waals surface area (Å²) in [5, 5.41) is 11.2. The van der Waals surface area contributed by atoms with Crippen molar-refractivity contribution in [2.24, 2.45) is 4.99 Å². The quantitative estimate of drug-likeness (QED) is 0.349. The van der Waals surface area contributed by atoms with Crippen LogP contribution >= 0.6 is 11.3 Å². The van der Waals surface area contributed by atoms with Crippen LogP contribution in [0.5, 0.6) is 0 Å². The van der Waals surface area contributed by atoms with Gasteiger partial charge in [0.05, 0.1) is 28.2 Å². The highest BCUT2D eigenvalue weighted by Gasteiger charge is 2.19. The molecule has 29 heavy (non-hydrogen) atoms. The minimum atomic E-state index is -0.703. The van der Waals surface area contributed by atoms with Gasteiger partial charge in [-0.1, -0.05) is 29.5 Å². The number of rotatable bonds is 6. The summed E-state index contributed by atoms with van der Waals surface area (Å²) in [5.41, 5.74) is 1.51. The van der Waals surface area contributed by atoms with Gasteiger partial charge in [0.25, 0.3) is 11.6 Å². The van der Waals surface area contributed by atoms with Crippen molar-refractivity contribution >= 4 is 39.1 Å². The third-order valence-electron chi connectivity index (χ3n) is 4.21. The highest BCUT2D eigenvalue weighted by atomic mass is 32.1. The Labute approximate surface area is 170 Å². The van der Waals surface area contributed by atoms with Crippen LogP contribution in [0.15, 0.2) is 47.5 Å². The summed E-state index contributed by atoms with van der Waals surface area (Å²) >= 11 is 1.29. The Bertz CT molecular complexity index is 1160. The van der Waals surface area contributed by atoms with E-state index in [2.05, 4.69) is 4.99 Å². The molecule has 1 heterocycles. The molecular formula is C20H19N3O5S. The molecule has 1 aromatic heterocycles. The molecule has 0 bridgehead atoms. The average Bonchev–Trinajstić information content (AvgIpc) is 3.02. The fourth-order valence-electron chi connectivity index (χ4n) is 2.88. The number of aryl methyl sites for hydroxylation is 2. The van der Waals surface area contributed by atoms with E-state index in [1.807, 2.05) is 25.1 Å². The molecule has 8 nitrogen and oxygen atoms in total. The minimum Gasteiger partial charge on any atom is -0.466 e. The van der Waals surface area contributed by atoms with Crippen molar-refractivity contribution in [1.82, 2.24) is 4.57 Å². The Hall–Kier alpha value is -3.33. The van der Waals surface area contributed by atoms with Crippen LogP contribution in [0.25, 0.3) is 10.2 Å². The van der Waals surface area contributed by atoms with Gasteiger partial charge in [-0.05, 0) is 37.6 Å². The lowest BCUT2D eigenvalue weighted by Gasteiger charge is -2.05. The topological polar surface area (TPSA) is 104 Å². The molecule has 0 saturated heterocycles. The maximum atomic E-state index is 12.7. The fraction of sp³-hybridized carbons (Fsp3) is 0.250. The number of para-hydroxylation sites is 1. The molecule has 0 atom stereocenters. The van der Waals surface area contributed by atoms with E-state index in [-0.39, 0.29) is 30.2 Å². The molecular weight excluding hydrogens is 394 g/mol. The van der Waals surface area contributed by atoms with E-state index in [9.17, 15) is 19.7 Å². The van der Waals surface area contributed by atoms with Crippen molar-refractivity contribution in [3.05, 3.63) is 68.5 Å². The van der Waals surface area contributed by atoms with Crippen LogP contribution in [0, 0.1) is 17.0 Å². The maximum absolute atomic E-state index is 12.7. The number of fused-ring (bicyclic) bond motifs is 1. The Morgan fingerprint density at radius 1 is 1.24 bits per heavy atom. The van der Waals surface area contributed by atoms with Gasteiger partial charge >= 0.3 is 5.97 Å². The molecule has 0 saturated carbocycles. The number of nitro benzene ring substituents is 1. The Morgan fingerprint density at radius 2 is 2.00 bits per heavy atom. The number of carbonyl (C=O) groups is 2. The van der Waals surface area contributed by atoms with Crippen LogP contribution in [0.1, 0.15) is 29.3 Å². The number of nitrogens with zero attached hydrogens (tertiary/aromatic N) is 3. The third kappa shape index (κ3) is 4.57. The summed E-state index contributed by atoms with van der Waals surface area (Å²) in [6.45, 7) is 4.27. The zero-order valence-corrected chi connectivity index (χ0v) is 16.8. The predicted octanol–water partition coefficient (Wildman–Crippen LogP) is 3.61. The number of hydrogen-bond acceptors (Lipinski definition) is 6. The number of ether oxygens (including phenoxy) is 1. The first-order chi connectivity index (χ1) is 13.9. The monoisotopic (exact) mass is 413 g/mol. The highest BCUT2D eigenvalue weighted by molar-refractivity contribution is 7.16. The zero-order chi connectivity index (χ0) is 21.0. The van der Waals surface area contributed by atoms with Crippen LogP contribution in [0.4, 0.5) is 5.69 Å². The van der Waals surface area contributed by atoms with Gasteiger partial charge in [-0.2, -0.15) is 4.99 Å². The lowest BCUT2D eigenvalue weighted by Crippen LogP contribution is -2.19. The second-order valence-electron chi connectivity index (χ2n) is 6.25. The average molecular weight is 413 g/mol. The number of amides is 1. The summed E-state index contributed by atoms with van der Waals surface area (Å²) < 4.78 is 7.65. The van der Waals surface area contributed by atoms with Crippen LogP contribution in [0.2, 0.25) is 0 Å². The standard InChI is InChI=1S/C20H19N3O5S/c1-3-28-18(24)10-11-22-16-9-8-13(2)12-17(16)29-20(22)21-19(25)14-6-4-5-7-15(14)23(26)27/h4-9,12H,3,10-11H2,1-2H3. The summed E-state index contributed by atoms with van der Waals surface area (Å²) in [6, 6.07) is 11.5. The molecule has 0 radical (unpaired) electrons. The van der Waals surface area contributed by atoms with Gasteiger partial charge in [-0.15, -0.1) is 0 Å². The molecule has 0 aliphatic carbocycles. The van der Waals surface area contributed by atoms with Gasteiger partial charge in [-0.25, -0.2) is 0 Å². The first kappa shape index (κ1) is 20.4. The van der Waals surface area contributed by atoms with Crippen molar-refractivity contribution in [1.29, 1.82) is 0 Å². The van der Waals surface area contributed by atoms with Crippen LogP contribution in [-0.2, 0) is 16.1 Å². The summed E-state index contributed by atoms with van der Waals surface area (Å²) in [7, 11) is 0. The lowest BCUT2D eigenvalue weighted by molar-refractivity contribution is -0.385. The number of esters is 1. The van der Waals surface area contributed by atoms with E-state index in [1.54, 1.807) is 17.6 Å². The first-order valence-corrected chi connectivity index (χ1v) is 9.80. The molecule has 3 rings (SSSR count). The smallest absolute Gasteiger partial charge is 0.307 e. The molecule has 0 fully saturated rings. The van der Waals surface area contributed by atoms with E-state index >= 15 is 0 Å². The SMILES string of the molecule is CCOC(=O)CCn1c(=NC(=O)c2ccccc2[N+](=O)[O-])sc2cc(C)ccc21. The molecule has 0 aliphatic heterocycles. The van der Waals surface area contributed by atoms with Gasteiger partial charge in [0, 0.05) is 12.6 Å². The molecule has 150 valence electrons. The van der Waals surface area contributed by atoms with Crippen molar-refractivity contribution in [2.75, 3.05) is 6.61 Å². The van der Waals surface area contributed by atoms with Gasteiger partial charge < -0.3 is 9.30 Å². The molecule has 2 aromatic carbocycles. The molecule has 1 amide bonds. The Morgan fingerprint density at radius 3 is 2.72 bits per heavy atom. The van der Waals surface area contributed by atoms with E-state index in [1.165, 1.54) is 29.5 Å². The maximum Gasteiger partial charge on any atom is 0.307 e. The van der Waals surface area contributed by atoms with Gasteiger partial charge in [0.15, 0.2) is 4.80 Å². The Kier molecular flexibility index (Phi) is 6.18. The van der Waals surface area contributed by atoms with Gasteiger partial charge in [0.2, 0.25) is 0 Å². The molecule has 0 N–H and O–H groups in total. The van der Waals surface area contributed by atoms with Crippen LogP contribution < -0.4 is 4.80 Å². The number of carbonyl (C=O) groups excluding carboxylic acids is 2. The molecule has 0 aliphatic rings. The van der Waals surface area contributed by atoms with E-state index in [0.717, 1.165) is 15.8 Å². The number of thiazole rings is 1. The summed E-state index contributed by atoms with van der Waals surface area (Å²) in [5.74, 6) is -1.05. The molecule has 0 spiro atoms. The van der Waals surface area contributed by atoms with Crippen LogP contribution in [0.3, 0.4) is 0 Å². The van der Waals surface area contributed by atoms with E-state index in [4.69, 9.17) is 4.74 Å². The van der Waals surface area contributed by atoms with E-state index < -0.39 is 10.8 Å². The van der Waals surface area contributed by atoms with Gasteiger partial charge in [0.1, 0.15) is 5.56 Å². The summed E-state index contributed by atoms with van der Waals surface area (Å²) in [4.78, 5) is 39.6. The minimum absolute atomic E-state index is 0.0805. The second kappa shape index (κ2) is 8.78. The molecule has 9 heteroatoms. The molecule has 3 aromatic rings. The largest absolute Gasteiger partial charge is 0.466 e. The Balaban J connectivity index is 2.08. The second-order valence-corrected chi connectivity index (χ2v) is 7.26. The number of aromatic nitrogens is 1.